The fourth-order valence-electron chi connectivity index (χ4n) is 3.43. The highest BCUT2D eigenvalue weighted by Gasteiger charge is 2.23. The number of hydrogen-bond acceptors (Lipinski definition) is 7. The molecule has 1 fully saturated rings. The molecule has 3 heterocycles. The van der Waals surface area contributed by atoms with Crippen LogP contribution in [0.5, 0.6) is 0 Å². The molecule has 4 rings (SSSR count). The second kappa shape index (κ2) is 8.04. The van der Waals surface area contributed by atoms with Crippen molar-refractivity contribution in [2.45, 2.75) is 19.4 Å². The summed E-state index contributed by atoms with van der Waals surface area (Å²) in [5, 5.41) is 10.9. The van der Waals surface area contributed by atoms with E-state index in [4.69, 9.17) is 19.4 Å². The van der Waals surface area contributed by atoms with Crippen LogP contribution in [0.3, 0.4) is 0 Å². The van der Waals surface area contributed by atoms with Gasteiger partial charge < -0.3 is 14.4 Å². The minimum atomic E-state index is -0.408. The van der Waals surface area contributed by atoms with Crippen molar-refractivity contribution in [2.24, 2.45) is 0 Å². The van der Waals surface area contributed by atoms with E-state index in [1.165, 1.54) is 12.1 Å². The number of nitrogens with zero attached hydrogens (tertiary/aromatic N) is 4. The van der Waals surface area contributed by atoms with Crippen LogP contribution in [-0.4, -0.2) is 53.9 Å². The van der Waals surface area contributed by atoms with Gasteiger partial charge in [-0.3, -0.25) is 10.1 Å². The van der Waals surface area contributed by atoms with E-state index < -0.39 is 4.92 Å². The van der Waals surface area contributed by atoms with Crippen molar-refractivity contribution in [1.82, 2.24) is 9.97 Å². The first-order valence-corrected chi connectivity index (χ1v) is 9.37. The summed E-state index contributed by atoms with van der Waals surface area (Å²) in [6, 6.07) is 8.59. The standard InChI is InChI=1S/C20H22N4O4/c1-14-13-28-11-8-23(14)19-12-18(15-6-9-27-10-7-15)21-20(22-19)16-2-4-17(5-3-16)24(25)26/h2-6,12,14H,7-11,13H2,1H3/t14-/m1/s1. The van der Waals surface area contributed by atoms with E-state index in [-0.39, 0.29) is 11.7 Å². The Balaban J connectivity index is 1.77. The van der Waals surface area contributed by atoms with Crippen molar-refractivity contribution in [3.63, 3.8) is 0 Å². The molecule has 1 saturated heterocycles. The highest BCUT2D eigenvalue weighted by Crippen LogP contribution is 2.28. The van der Waals surface area contributed by atoms with Gasteiger partial charge >= 0.3 is 0 Å². The van der Waals surface area contributed by atoms with Crippen LogP contribution in [-0.2, 0) is 9.47 Å². The van der Waals surface area contributed by atoms with Crippen molar-refractivity contribution in [3.8, 4) is 11.4 Å². The van der Waals surface area contributed by atoms with Crippen molar-refractivity contribution in [1.29, 1.82) is 0 Å². The largest absolute Gasteiger partial charge is 0.377 e. The van der Waals surface area contributed by atoms with Gasteiger partial charge in [-0.2, -0.15) is 0 Å². The van der Waals surface area contributed by atoms with Gasteiger partial charge in [0.15, 0.2) is 5.82 Å². The first kappa shape index (κ1) is 18.5. The summed E-state index contributed by atoms with van der Waals surface area (Å²) in [5.41, 5.74) is 2.82. The van der Waals surface area contributed by atoms with Gasteiger partial charge in [-0.15, -0.1) is 0 Å². The normalized spacial score (nSPS) is 20.0. The molecular formula is C20H22N4O4. The van der Waals surface area contributed by atoms with E-state index in [0.717, 1.165) is 35.6 Å². The molecule has 0 aliphatic carbocycles. The van der Waals surface area contributed by atoms with E-state index in [9.17, 15) is 10.1 Å². The van der Waals surface area contributed by atoms with Gasteiger partial charge in [0.1, 0.15) is 5.82 Å². The summed E-state index contributed by atoms with van der Waals surface area (Å²) in [7, 11) is 0. The van der Waals surface area contributed by atoms with Gasteiger partial charge in [-0.05, 0) is 31.1 Å². The highest BCUT2D eigenvalue weighted by molar-refractivity contribution is 5.69. The maximum absolute atomic E-state index is 10.9. The number of non-ortho nitro benzene ring substituents is 1. The molecule has 0 N–H and O–H groups in total. The number of aromatic nitrogens is 2. The maximum Gasteiger partial charge on any atom is 0.269 e. The molecule has 8 nitrogen and oxygen atoms in total. The number of anilines is 1. The molecule has 2 aliphatic heterocycles. The van der Waals surface area contributed by atoms with Gasteiger partial charge in [-0.25, -0.2) is 9.97 Å². The number of hydrogen-bond donors (Lipinski definition) is 0. The third-order valence-electron chi connectivity index (χ3n) is 5.00. The molecule has 1 aromatic carbocycles. The van der Waals surface area contributed by atoms with Crippen molar-refractivity contribution >= 4 is 17.1 Å². The maximum atomic E-state index is 10.9. The lowest BCUT2D eigenvalue weighted by Gasteiger charge is -2.34. The Hall–Kier alpha value is -2.84. The van der Waals surface area contributed by atoms with E-state index in [0.29, 0.717) is 32.3 Å². The third-order valence-corrected chi connectivity index (χ3v) is 5.00. The van der Waals surface area contributed by atoms with E-state index in [1.54, 1.807) is 12.1 Å². The van der Waals surface area contributed by atoms with Crippen LogP contribution in [0.25, 0.3) is 17.0 Å². The fraction of sp³-hybridized carbons (Fsp3) is 0.400. The molecule has 0 radical (unpaired) electrons. The molecule has 0 unspecified atom stereocenters. The van der Waals surface area contributed by atoms with Crippen LogP contribution in [0, 0.1) is 10.1 Å². The predicted octanol–water partition coefficient (Wildman–Crippen LogP) is 3.08. The molecule has 28 heavy (non-hydrogen) atoms. The van der Waals surface area contributed by atoms with Crippen LogP contribution in [0.15, 0.2) is 36.4 Å². The third kappa shape index (κ3) is 3.88. The summed E-state index contributed by atoms with van der Waals surface area (Å²) in [6.45, 7) is 5.44. The van der Waals surface area contributed by atoms with E-state index in [1.807, 2.05) is 6.07 Å². The molecular weight excluding hydrogens is 360 g/mol. The molecule has 1 aromatic heterocycles. The first-order valence-electron chi connectivity index (χ1n) is 9.37. The molecule has 2 aliphatic rings. The number of benzene rings is 1. The minimum absolute atomic E-state index is 0.0501. The lowest BCUT2D eigenvalue weighted by Crippen LogP contribution is -2.44. The van der Waals surface area contributed by atoms with Crippen molar-refractivity contribution in [3.05, 3.63) is 52.2 Å². The van der Waals surface area contributed by atoms with Gasteiger partial charge in [0.2, 0.25) is 0 Å². The SMILES string of the molecule is C[C@@H]1COCCN1c1cc(C2=CCOCC2)nc(-c2ccc([N+](=O)[O-])cc2)n1. The van der Waals surface area contributed by atoms with Gasteiger partial charge in [0.25, 0.3) is 5.69 Å². The Labute approximate surface area is 163 Å². The Kier molecular flexibility index (Phi) is 5.31. The van der Waals surface area contributed by atoms with Crippen LogP contribution >= 0.6 is 0 Å². The molecule has 2 aromatic rings. The summed E-state index contributed by atoms with van der Waals surface area (Å²) in [4.78, 5) is 22.3. The smallest absolute Gasteiger partial charge is 0.269 e. The Morgan fingerprint density at radius 2 is 2.00 bits per heavy atom. The topological polar surface area (TPSA) is 90.6 Å². The molecule has 0 saturated carbocycles. The highest BCUT2D eigenvalue weighted by atomic mass is 16.6. The number of nitro groups is 1. The number of rotatable bonds is 4. The second-order valence-electron chi connectivity index (χ2n) is 6.91. The zero-order valence-corrected chi connectivity index (χ0v) is 15.7. The summed E-state index contributed by atoms with van der Waals surface area (Å²) < 4.78 is 11.0. The number of morpholine rings is 1. The zero-order valence-electron chi connectivity index (χ0n) is 15.7. The van der Waals surface area contributed by atoms with Gasteiger partial charge in [0, 0.05) is 30.3 Å². The number of ether oxygens (including phenoxy) is 2. The van der Waals surface area contributed by atoms with E-state index >= 15 is 0 Å². The fourth-order valence-corrected chi connectivity index (χ4v) is 3.43. The van der Waals surface area contributed by atoms with Gasteiger partial charge in [0.05, 0.1) is 43.1 Å². The van der Waals surface area contributed by atoms with E-state index in [2.05, 4.69) is 17.9 Å². The Bertz CT molecular complexity index is 898. The Morgan fingerprint density at radius 3 is 2.68 bits per heavy atom. The second-order valence-corrected chi connectivity index (χ2v) is 6.91. The molecule has 0 bridgehead atoms. The molecule has 1 atom stereocenters. The molecule has 0 spiro atoms. The molecule has 0 amide bonds. The van der Waals surface area contributed by atoms with Crippen molar-refractivity contribution < 1.29 is 14.4 Å². The Morgan fingerprint density at radius 1 is 1.18 bits per heavy atom. The summed E-state index contributed by atoms with van der Waals surface area (Å²) >= 11 is 0. The lowest BCUT2D eigenvalue weighted by atomic mass is 10.1. The quantitative estimate of drug-likeness (QED) is 0.593. The van der Waals surface area contributed by atoms with Crippen molar-refractivity contribution in [2.75, 3.05) is 37.9 Å². The number of nitro benzene ring substituents is 1. The lowest BCUT2D eigenvalue weighted by molar-refractivity contribution is -0.384. The summed E-state index contributed by atoms with van der Waals surface area (Å²) in [5.74, 6) is 1.41. The zero-order chi connectivity index (χ0) is 19.5. The molecule has 146 valence electrons. The van der Waals surface area contributed by atoms with Crippen LogP contribution < -0.4 is 4.90 Å². The summed E-state index contributed by atoms with van der Waals surface area (Å²) in [6.07, 6.45) is 2.85. The first-order chi connectivity index (χ1) is 13.6. The van der Waals surface area contributed by atoms with Crippen LogP contribution in [0.2, 0.25) is 0 Å². The monoisotopic (exact) mass is 382 g/mol. The average molecular weight is 382 g/mol. The average Bonchev–Trinajstić information content (AvgIpc) is 2.74. The predicted molar refractivity (Wildman–Crippen MR) is 105 cm³/mol. The van der Waals surface area contributed by atoms with Gasteiger partial charge in [-0.1, -0.05) is 6.08 Å². The minimum Gasteiger partial charge on any atom is -0.377 e. The molecule has 8 heteroatoms. The van der Waals surface area contributed by atoms with Crippen LogP contribution in [0.1, 0.15) is 19.0 Å². The van der Waals surface area contributed by atoms with Crippen LogP contribution in [0.4, 0.5) is 11.5 Å².